The maximum atomic E-state index is 11.5. The minimum Gasteiger partial charge on any atom is -0.465 e. The first-order valence-electron chi connectivity index (χ1n) is 12.2. The molecule has 6 rings (SSSR count). The van der Waals surface area contributed by atoms with Crippen LogP contribution in [0.15, 0.2) is 60.9 Å². The third-order valence-electron chi connectivity index (χ3n) is 7.12. The number of hydrogen-bond acceptors (Lipinski definition) is 4. The molecule has 0 aliphatic carbocycles. The summed E-state index contributed by atoms with van der Waals surface area (Å²) >= 11 is 0. The normalized spacial score (nSPS) is 19.9. The van der Waals surface area contributed by atoms with Crippen LogP contribution in [0.2, 0.25) is 0 Å². The van der Waals surface area contributed by atoms with Crippen molar-refractivity contribution in [3.63, 3.8) is 0 Å². The van der Waals surface area contributed by atoms with Gasteiger partial charge in [0.25, 0.3) is 0 Å². The number of carbonyl (C=O) groups is 1. The molecule has 0 bridgehead atoms. The third-order valence-corrected chi connectivity index (χ3v) is 7.12. The summed E-state index contributed by atoms with van der Waals surface area (Å²) in [5.41, 5.74) is 6.35. The van der Waals surface area contributed by atoms with Crippen LogP contribution < -0.4 is 5.32 Å². The van der Waals surface area contributed by atoms with Crippen LogP contribution in [0.4, 0.5) is 4.79 Å². The number of benzene rings is 2. The molecule has 178 valence electrons. The van der Waals surface area contributed by atoms with E-state index in [4.69, 9.17) is 0 Å². The molecule has 0 radical (unpaired) electrons. The summed E-state index contributed by atoms with van der Waals surface area (Å²) in [6.07, 6.45) is 6.80. The molecule has 8 heteroatoms. The number of aromatic nitrogens is 4. The van der Waals surface area contributed by atoms with Crippen LogP contribution in [0, 0.1) is 0 Å². The molecule has 4 N–H and O–H groups in total. The van der Waals surface area contributed by atoms with E-state index in [1.807, 2.05) is 6.20 Å². The van der Waals surface area contributed by atoms with Crippen molar-refractivity contribution < 1.29 is 9.90 Å². The van der Waals surface area contributed by atoms with Gasteiger partial charge < -0.3 is 20.4 Å². The Hall–Kier alpha value is -3.91. The number of likely N-dealkylation sites (tertiary alicyclic amines) is 1. The lowest BCUT2D eigenvalue weighted by Crippen LogP contribution is -2.29. The van der Waals surface area contributed by atoms with Crippen LogP contribution in [-0.2, 0) is 0 Å². The summed E-state index contributed by atoms with van der Waals surface area (Å²) in [4.78, 5) is 28.8. The molecule has 4 aromatic rings. The van der Waals surface area contributed by atoms with Gasteiger partial charge in [0, 0.05) is 6.54 Å². The van der Waals surface area contributed by atoms with Crippen molar-refractivity contribution in [2.24, 2.45) is 0 Å². The molecular formula is C27H28N6O2. The predicted octanol–water partition coefficient (Wildman–Crippen LogP) is 5.37. The number of nitrogens with zero attached hydrogens (tertiary/aromatic N) is 3. The van der Waals surface area contributed by atoms with Crippen molar-refractivity contribution >= 4 is 6.09 Å². The summed E-state index contributed by atoms with van der Waals surface area (Å²) < 4.78 is 0. The number of amides is 1. The number of rotatable bonds is 5. The van der Waals surface area contributed by atoms with Crippen LogP contribution in [0.1, 0.15) is 49.4 Å². The second-order valence-corrected chi connectivity index (χ2v) is 9.30. The largest absolute Gasteiger partial charge is 0.465 e. The molecule has 8 nitrogen and oxygen atoms in total. The van der Waals surface area contributed by atoms with Gasteiger partial charge in [0.15, 0.2) is 0 Å². The highest BCUT2D eigenvalue weighted by Gasteiger charge is 2.31. The number of H-pyrrole nitrogens is 2. The monoisotopic (exact) mass is 468 g/mol. The van der Waals surface area contributed by atoms with Crippen molar-refractivity contribution in [2.45, 2.75) is 37.8 Å². The Balaban J connectivity index is 1.16. The molecule has 2 aromatic carbocycles. The van der Waals surface area contributed by atoms with Crippen molar-refractivity contribution in [3.05, 3.63) is 72.6 Å². The van der Waals surface area contributed by atoms with Crippen molar-refractivity contribution in [3.8, 4) is 33.6 Å². The minimum absolute atomic E-state index is 0.195. The van der Waals surface area contributed by atoms with Crippen LogP contribution in [-0.4, -0.2) is 49.1 Å². The Morgan fingerprint density at radius 1 is 0.800 bits per heavy atom. The minimum atomic E-state index is -0.889. The molecule has 35 heavy (non-hydrogen) atoms. The molecule has 2 saturated heterocycles. The van der Waals surface area contributed by atoms with Gasteiger partial charge in [-0.1, -0.05) is 48.5 Å². The molecule has 2 aromatic heterocycles. The molecule has 2 unspecified atom stereocenters. The molecular weight excluding hydrogens is 440 g/mol. The fourth-order valence-corrected chi connectivity index (χ4v) is 5.20. The summed E-state index contributed by atoms with van der Waals surface area (Å²) in [6, 6.07) is 17.0. The predicted molar refractivity (Wildman–Crippen MR) is 134 cm³/mol. The first-order valence-corrected chi connectivity index (χ1v) is 12.2. The lowest BCUT2D eigenvalue weighted by atomic mass is 10.0. The first-order chi connectivity index (χ1) is 17.2. The standard InChI is InChI=1S/C27H28N6O2/c34-27(35)33-14-2-4-24(33)26-30-16-23(32-26)20-11-7-18(8-12-20)17-5-9-19(10-6-17)22-15-29-25(31-22)21-3-1-13-28-21/h5-12,15-16,21,24,28H,1-4,13-14H2,(H,29,31)(H,30,32)(H,34,35). The molecule has 2 atom stereocenters. The van der Waals surface area contributed by atoms with E-state index in [1.165, 1.54) is 11.3 Å². The lowest BCUT2D eigenvalue weighted by molar-refractivity contribution is 0.139. The number of imidazole rings is 2. The fourth-order valence-electron chi connectivity index (χ4n) is 5.20. The molecule has 0 saturated carbocycles. The summed E-state index contributed by atoms with van der Waals surface area (Å²) in [6.45, 7) is 1.61. The zero-order chi connectivity index (χ0) is 23.8. The topological polar surface area (TPSA) is 110 Å². The second-order valence-electron chi connectivity index (χ2n) is 9.30. The third kappa shape index (κ3) is 4.21. The van der Waals surface area contributed by atoms with E-state index in [0.29, 0.717) is 18.4 Å². The Kier molecular flexibility index (Phi) is 5.58. The van der Waals surface area contributed by atoms with E-state index < -0.39 is 6.09 Å². The van der Waals surface area contributed by atoms with E-state index >= 15 is 0 Å². The van der Waals surface area contributed by atoms with Gasteiger partial charge in [-0.05, 0) is 54.5 Å². The molecule has 4 heterocycles. The van der Waals surface area contributed by atoms with E-state index in [0.717, 1.165) is 65.3 Å². The highest BCUT2D eigenvalue weighted by molar-refractivity contribution is 5.71. The molecule has 2 aliphatic heterocycles. The van der Waals surface area contributed by atoms with Gasteiger partial charge in [-0.15, -0.1) is 0 Å². The summed E-state index contributed by atoms with van der Waals surface area (Å²) in [7, 11) is 0. The maximum Gasteiger partial charge on any atom is 0.407 e. The molecule has 0 spiro atoms. The van der Waals surface area contributed by atoms with Gasteiger partial charge in [-0.2, -0.15) is 0 Å². The smallest absolute Gasteiger partial charge is 0.407 e. The maximum absolute atomic E-state index is 11.5. The molecule has 2 aliphatic rings. The zero-order valence-electron chi connectivity index (χ0n) is 19.4. The SMILES string of the molecule is O=C(O)N1CCCC1c1ncc(-c2ccc(-c3ccc(-c4cnc(C5CCCN5)[nH]4)cc3)cc2)[nH]1. The van der Waals surface area contributed by atoms with Gasteiger partial charge in [0.05, 0.1) is 35.9 Å². The second kappa shape index (κ2) is 9.03. The van der Waals surface area contributed by atoms with Crippen LogP contribution in [0.25, 0.3) is 33.6 Å². The Morgan fingerprint density at radius 3 is 1.94 bits per heavy atom. The van der Waals surface area contributed by atoms with E-state index in [1.54, 1.807) is 6.20 Å². The summed E-state index contributed by atoms with van der Waals surface area (Å²) in [5, 5.41) is 12.9. The average molecular weight is 469 g/mol. The molecule has 2 fully saturated rings. The average Bonchev–Trinajstić information content (AvgIpc) is 3.70. The number of aromatic amines is 2. The highest BCUT2D eigenvalue weighted by atomic mass is 16.4. The summed E-state index contributed by atoms with van der Waals surface area (Å²) in [5.74, 6) is 1.73. The molecule has 1 amide bonds. The van der Waals surface area contributed by atoms with Crippen LogP contribution >= 0.6 is 0 Å². The number of hydrogen-bond donors (Lipinski definition) is 4. The van der Waals surface area contributed by atoms with Gasteiger partial charge in [-0.3, -0.25) is 4.90 Å². The van der Waals surface area contributed by atoms with Crippen molar-refractivity contribution in [1.29, 1.82) is 0 Å². The zero-order valence-corrected chi connectivity index (χ0v) is 19.4. The Labute approximate surface area is 203 Å². The van der Waals surface area contributed by atoms with E-state index in [-0.39, 0.29) is 6.04 Å². The number of carboxylic acid groups (broad SMARTS) is 1. The fraction of sp³-hybridized carbons (Fsp3) is 0.296. The van der Waals surface area contributed by atoms with Gasteiger partial charge >= 0.3 is 6.09 Å². The van der Waals surface area contributed by atoms with Gasteiger partial charge in [0.2, 0.25) is 0 Å². The number of nitrogens with one attached hydrogen (secondary N) is 3. The van der Waals surface area contributed by atoms with Crippen molar-refractivity contribution in [2.75, 3.05) is 13.1 Å². The Morgan fingerprint density at radius 2 is 1.37 bits per heavy atom. The van der Waals surface area contributed by atoms with Gasteiger partial charge in [0.1, 0.15) is 11.6 Å². The highest BCUT2D eigenvalue weighted by Crippen LogP contribution is 2.32. The van der Waals surface area contributed by atoms with Crippen LogP contribution in [0.3, 0.4) is 0 Å². The van der Waals surface area contributed by atoms with Crippen molar-refractivity contribution in [1.82, 2.24) is 30.2 Å². The van der Waals surface area contributed by atoms with Crippen LogP contribution in [0.5, 0.6) is 0 Å². The Bertz CT molecular complexity index is 1320. The van der Waals surface area contributed by atoms with E-state index in [2.05, 4.69) is 73.8 Å². The van der Waals surface area contributed by atoms with Gasteiger partial charge in [-0.25, -0.2) is 14.8 Å². The van der Waals surface area contributed by atoms with E-state index in [9.17, 15) is 9.90 Å². The quantitative estimate of drug-likeness (QED) is 0.315. The first kappa shape index (κ1) is 21.6. The lowest BCUT2D eigenvalue weighted by Gasteiger charge is -2.19.